The largest absolute Gasteiger partial charge is 0.508 e. The van der Waals surface area contributed by atoms with Gasteiger partial charge in [0.05, 0.1) is 5.60 Å². The zero-order chi connectivity index (χ0) is 13.2. The second kappa shape index (κ2) is 5.16. The highest BCUT2D eigenvalue weighted by Crippen LogP contribution is 2.30. The van der Waals surface area contributed by atoms with Gasteiger partial charge in [-0.15, -0.1) is 0 Å². The van der Waals surface area contributed by atoms with Gasteiger partial charge in [-0.05, 0) is 38.1 Å². The molecule has 1 aromatic rings. The number of phenolic OH excluding ortho intramolecular Hbond substituents is 1. The van der Waals surface area contributed by atoms with E-state index in [9.17, 15) is 10.2 Å². The lowest BCUT2D eigenvalue weighted by atomic mass is 10.0. The lowest BCUT2D eigenvalue weighted by Gasteiger charge is -2.28. The summed E-state index contributed by atoms with van der Waals surface area (Å²) in [5, 5.41) is 20.1. The molecule has 1 aliphatic carbocycles. The predicted molar refractivity (Wildman–Crippen MR) is 72.3 cm³/mol. The number of aromatic hydroxyl groups is 1. The van der Waals surface area contributed by atoms with E-state index in [0.29, 0.717) is 18.8 Å². The second-order valence-electron chi connectivity index (χ2n) is 5.49. The van der Waals surface area contributed by atoms with Gasteiger partial charge in [-0.3, -0.25) is 4.90 Å². The molecule has 0 aliphatic heterocycles. The van der Waals surface area contributed by atoms with Gasteiger partial charge in [-0.1, -0.05) is 12.8 Å². The fourth-order valence-corrected chi connectivity index (χ4v) is 2.77. The van der Waals surface area contributed by atoms with Gasteiger partial charge < -0.3 is 15.9 Å². The third-order valence-electron chi connectivity index (χ3n) is 3.64. The first kappa shape index (κ1) is 13.2. The molecule has 18 heavy (non-hydrogen) atoms. The summed E-state index contributed by atoms with van der Waals surface area (Å²) in [6, 6.07) is 5.08. The molecular weight excluding hydrogens is 228 g/mol. The maximum Gasteiger partial charge on any atom is 0.120 e. The van der Waals surface area contributed by atoms with Crippen molar-refractivity contribution in [3.63, 3.8) is 0 Å². The molecule has 1 aliphatic rings. The molecule has 0 radical (unpaired) electrons. The van der Waals surface area contributed by atoms with Crippen LogP contribution in [0.15, 0.2) is 18.2 Å². The number of nitrogens with zero attached hydrogens (tertiary/aromatic N) is 1. The van der Waals surface area contributed by atoms with Crippen LogP contribution in [-0.2, 0) is 6.54 Å². The number of nitrogens with two attached hydrogens (primary N) is 1. The molecule has 4 heteroatoms. The summed E-state index contributed by atoms with van der Waals surface area (Å²) in [7, 11) is 1.96. The van der Waals surface area contributed by atoms with Crippen molar-refractivity contribution < 1.29 is 10.2 Å². The monoisotopic (exact) mass is 250 g/mol. The van der Waals surface area contributed by atoms with Crippen LogP contribution < -0.4 is 5.73 Å². The molecule has 0 heterocycles. The van der Waals surface area contributed by atoms with Gasteiger partial charge in [-0.25, -0.2) is 0 Å². The number of phenols is 1. The zero-order valence-corrected chi connectivity index (χ0v) is 10.9. The van der Waals surface area contributed by atoms with Gasteiger partial charge in [-0.2, -0.15) is 0 Å². The molecule has 0 bridgehead atoms. The summed E-state index contributed by atoms with van der Waals surface area (Å²) in [6.45, 7) is 1.24. The van der Waals surface area contributed by atoms with Gasteiger partial charge in [0.15, 0.2) is 0 Å². The van der Waals surface area contributed by atoms with Crippen LogP contribution in [0.1, 0.15) is 31.2 Å². The second-order valence-corrected chi connectivity index (χ2v) is 5.49. The van der Waals surface area contributed by atoms with Crippen LogP contribution in [0.4, 0.5) is 5.69 Å². The number of nitrogen functional groups attached to an aromatic ring is 1. The van der Waals surface area contributed by atoms with Crippen LogP contribution in [0.2, 0.25) is 0 Å². The Morgan fingerprint density at radius 3 is 2.67 bits per heavy atom. The van der Waals surface area contributed by atoms with Gasteiger partial charge in [0.1, 0.15) is 5.75 Å². The molecule has 4 nitrogen and oxygen atoms in total. The normalized spacial score (nSPS) is 18.4. The third-order valence-corrected chi connectivity index (χ3v) is 3.64. The average Bonchev–Trinajstić information content (AvgIpc) is 2.70. The number of anilines is 1. The van der Waals surface area contributed by atoms with E-state index < -0.39 is 5.60 Å². The van der Waals surface area contributed by atoms with Gasteiger partial charge >= 0.3 is 0 Å². The van der Waals surface area contributed by atoms with E-state index in [1.807, 2.05) is 11.9 Å². The van der Waals surface area contributed by atoms with E-state index in [1.54, 1.807) is 18.2 Å². The average molecular weight is 250 g/mol. The number of rotatable bonds is 4. The van der Waals surface area contributed by atoms with Crippen LogP contribution in [0.25, 0.3) is 0 Å². The Balaban J connectivity index is 1.98. The standard InChI is InChI=1S/C14H22N2O2/c1-16(10-14(18)6-2-3-7-14)9-11-8-12(15)4-5-13(11)17/h4-5,8,17-18H,2-3,6-7,9-10,15H2,1H3. The Morgan fingerprint density at radius 1 is 1.33 bits per heavy atom. The first-order chi connectivity index (χ1) is 8.48. The molecular formula is C14H22N2O2. The van der Waals surface area contributed by atoms with Gasteiger partial charge in [0, 0.05) is 24.3 Å². The Bertz CT molecular complexity index is 414. The Morgan fingerprint density at radius 2 is 2.00 bits per heavy atom. The van der Waals surface area contributed by atoms with E-state index in [0.717, 1.165) is 31.2 Å². The van der Waals surface area contributed by atoms with E-state index in [1.165, 1.54) is 0 Å². The maximum atomic E-state index is 10.3. The maximum absolute atomic E-state index is 10.3. The highest BCUT2D eigenvalue weighted by Gasteiger charge is 2.32. The Kier molecular flexibility index (Phi) is 3.78. The number of likely N-dealkylation sites (N-methyl/N-ethyl adjacent to an activating group) is 1. The van der Waals surface area contributed by atoms with Crippen molar-refractivity contribution >= 4 is 5.69 Å². The topological polar surface area (TPSA) is 69.7 Å². The Labute approximate surface area is 108 Å². The Hall–Kier alpha value is -1.26. The molecule has 0 amide bonds. The molecule has 1 aromatic carbocycles. The molecule has 0 aromatic heterocycles. The molecule has 1 saturated carbocycles. The van der Waals surface area contributed by atoms with E-state index in [4.69, 9.17) is 5.73 Å². The van der Waals surface area contributed by atoms with Crippen LogP contribution in [-0.4, -0.2) is 34.3 Å². The van der Waals surface area contributed by atoms with E-state index >= 15 is 0 Å². The van der Waals surface area contributed by atoms with Crippen LogP contribution >= 0.6 is 0 Å². The first-order valence-corrected chi connectivity index (χ1v) is 6.47. The molecule has 100 valence electrons. The molecule has 0 saturated heterocycles. The van der Waals surface area contributed by atoms with Crippen molar-refractivity contribution in [2.75, 3.05) is 19.3 Å². The van der Waals surface area contributed by atoms with Gasteiger partial charge in [0.2, 0.25) is 0 Å². The molecule has 0 atom stereocenters. The van der Waals surface area contributed by atoms with Crippen molar-refractivity contribution in [3.05, 3.63) is 23.8 Å². The number of aliphatic hydroxyl groups is 1. The summed E-state index contributed by atoms with van der Waals surface area (Å²) in [5.41, 5.74) is 6.62. The lowest BCUT2D eigenvalue weighted by molar-refractivity contribution is 0.0144. The van der Waals surface area contributed by atoms with E-state index in [-0.39, 0.29) is 5.75 Å². The summed E-state index contributed by atoms with van der Waals surface area (Å²) in [4.78, 5) is 2.04. The van der Waals surface area contributed by atoms with Crippen molar-refractivity contribution in [2.45, 2.75) is 37.8 Å². The van der Waals surface area contributed by atoms with Gasteiger partial charge in [0.25, 0.3) is 0 Å². The minimum atomic E-state index is -0.551. The zero-order valence-electron chi connectivity index (χ0n) is 10.9. The number of benzene rings is 1. The fraction of sp³-hybridized carbons (Fsp3) is 0.571. The molecule has 0 unspecified atom stereocenters. The highest BCUT2D eigenvalue weighted by molar-refractivity contribution is 5.47. The SMILES string of the molecule is CN(Cc1cc(N)ccc1O)CC1(O)CCCC1. The number of hydrogen-bond acceptors (Lipinski definition) is 4. The molecule has 1 fully saturated rings. The molecule has 2 rings (SSSR count). The highest BCUT2D eigenvalue weighted by atomic mass is 16.3. The molecule has 4 N–H and O–H groups in total. The lowest BCUT2D eigenvalue weighted by Crippen LogP contribution is -2.38. The molecule has 0 spiro atoms. The van der Waals surface area contributed by atoms with Crippen molar-refractivity contribution in [2.24, 2.45) is 0 Å². The third kappa shape index (κ3) is 3.15. The minimum Gasteiger partial charge on any atom is -0.508 e. The fourth-order valence-electron chi connectivity index (χ4n) is 2.77. The summed E-state index contributed by atoms with van der Waals surface area (Å²) in [6.07, 6.45) is 3.96. The van der Waals surface area contributed by atoms with Crippen LogP contribution in [0.3, 0.4) is 0 Å². The quantitative estimate of drug-likeness (QED) is 0.562. The van der Waals surface area contributed by atoms with Crippen molar-refractivity contribution in [1.82, 2.24) is 4.90 Å². The van der Waals surface area contributed by atoms with Crippen LogP contribution in [0.5, 0.6) is 5.75 Å². The smallest absolute Gasteiger partial charge is 0.120 e. The summed E-state index contributed by atoms with van der Waals surface area (Å²) < 4.78 is 0. The first-order valence-electron chi connectivity index (χ1n) is 6.47. The van der Waals surface area contributed by atoms with Crippen LogP contribution in [0, 0.1) is 0 Å². The minimum absolute atomic E-state index is 0.259. The number of hydrogen-bond donors (Lipinski definition) is 3. The summed E-state index contributed by atoms with van der Waals surface area (Å²) >= 11 is 0. The predicted octanol–water partition coefficient (Wildman–Crippen LogP) is 1.71. The van der Waals surface area contributed by atoms with E-state index in [2.05, 4.69) is 0 Å². The van der Waals surface area contributed by atoms with Crippen molar-refractivity contribution in [1.29, 1.82) is 0 Å². The van der Waals surface area contributed by atoms with Crippen molar-refractivity contribution in [3.8, 4) is 5.75 Å². The summed E-state index contributed by atoms with van der Waals surface area (Å²) in [5.74, 6) is 0.259.